The molecule has 2 N–H and O–H groups in total. The van der Waals surface area contributed by atoms with Crippen molar-refractivity contribution in [1.29, 1.82) is 0 Å². The Bertz CT molecular complexity index is 581. The Balaban J connectivity index is 2.42. The van der Waals surface area contributed by atoms with Crippen LogP contribution in [0.4, 0.5) is 10.3 Å². The molecule has 8 heteroatoms. The fraction of sp³-hybridized carbons (Fsp3) is 0.200. The van der Waals surface area contributed by atoms with Crippen LogP contribution in [0.2, 0.25) is 0 Å². The largest absolute Gasteiger partial charge is 0.357 e. The molecule has 1 amide bonds. The summed E-state index contributed by atoms with van der Waals surface area (Å²) >= 11 is 0. The number of rotatable bonds is 3. The van der Waals surface area contributed by atoms with Gasteiger partial charge in [0.25, 0.3) is 5.91 Å². The van der Waals surface area contributed by atoms with Crippen molar-refractivity contribution >= 4 is 11.9 Å². The smallest absolute Gasteiger partial charge is 0.271 e. The Labute approximate surface area is 102 Å². The quantitative estimate of drug-likeness (QED) is 0.813. The van der Waals surface area contributed by atoms with Crippen LogP contribution in [0.25, 0.3) is 5.82 Å². The highest BCUT2D eigenvalue weighted by atomic mass is 19.1. The highest BCUT2D eigenvalue weighted by Crippen LogP contribution is 2.11. The first-order valence-electron chi connectivity index (χ1n) is 5.14. The molecule has 0 bridgehead atoms. The molecular formula is C10H11FN6O. The molecule has 2 aromatic heterocycles. The number of hydrogen-bond acceptors (Lipinski definition) is 5. The average molecular weight is 250 g/mol. The molecular weight excluding hydrogens is 239 g/mol. The average Bonchev–Trinajstić information content (AvgIpc) is 2.88. The molecule has 18 heavy (non-hydrogen) atoms. The molecule has 2 aromatic rings. The molecule has 0 unspecified atom stereocenters. The van der Waals surface area contributed by atoms with Gasteiger partial charge in [0.1, 0.15) is 0 Å². The topological polar surface area (TPSA) is 84.7 Å². The Morgan fingerprint density at radius 3 is 2.89 bits per heavy atom. The second-order valence-corrected chi connectivity index (χ2v) is 3.34. The van der Waals surface area contributed by atoms with Gasteiger partial charge in [0.2, 0.25) is 5.95 Å². The van der Waals surface area contributed by atoms with E-state index in [0.717, 1.165) is 6.20 Å². The van der Waals surface area contributed by atoms with Gasteiger partial charge in [0, 0.05) is 20.3 Å². The van der Waals surface area contributed by atoms with Crippen LogP contribution < -0.4 is 10.6 Å². The highest BCUT2D eigenvalue weighted by molar-refractivity contribution is 5.91. The van der Waals surface area contributed by atoms with Crippen LogP contribution in [0.15, 0.2) is 18.5 Å². The van der Waals surface area contributed by atoms with Gasteiger partial charge in [0.05, 0.1) is 6.20 Å². The van der Waals surface area contributed by atoms with Crippen LogP contribution in [0.1, 0.15) is 10.5 Å². The van der Waals surface area contributed by atoms with Crippen molar-refractivity contribution < 1.29 is 9.18 Å². The molecule has 0 aliphatic heterocycles. The van der Waals surface area contributed by atoms with E-state index in [1.165, 1.54) is 24.0 Å². The van der Waals surface area contributed by atoms with Crippen LogP contribution in [0.5, 0.6) is 0 Å². The van der Waals surface area contributed by atoms with Crippen molar-refractivity contribution in [2.75, 3.05) is 19.4 Å². The lowest BCUT2D eigenvalue weighted by Crippen LogP contribution is -2.18. The molecule has 0 atom stereocenters. The fourth-order valence-electron chi connectivity index (χ4n) is 1.33. The van der Waals surface area contributed by atoms with Gasteiger partial charge < -0.3 is 10.6 Å². The summed E-state index contributed by atoms with van der Waals surface area (Å²) in [4.78, 5) is 19.0. The lowest BCUT2D eigenvalue weighted by molar-refractivity contribution is 0.0957. The standard InChI is InChI=1S/C10H11FN6O/c1-12-9(18)7-3-4-17(16-7)8-6(11)5-14-10(13-2)15-8/h3-5H,1-2H3,(H,12,18)(H,13,14,15). The van der Waals surface area contributed by atoms with Crippen LogP contribution in [-0.2, 0) is 0 Å². The van der Waals surface area contributed by atoms with E-state index in [0.29, 0.717) is 0 Å². The third-order valence-corrected chi connectivity index (χ3v) is 2.21. The molecule has 0 spiro atoms. The van der Waals surface area contributed by atoms with Crippen molar-refractivity contribution in [1.82, 2.24) is 25.1 Å². The second kappa shape index (κ2) is 4.78. The maximum absolute atomic E-state index is 13.6. The summed E-state index contributed by atoms with van der Waals surface area (Å²) in [5.41, 5.74) is 0.182. The van der Waals surface area contributed by atoms with Crippen molar-refractivity contribution in [3.05, 3.63) is 30.0 Å². The number of halogens is 1. The lowest BCUT2D eigenvalue weighted by atomic mass is 10.4. The first-order valence-corrected chi connectivity index (χ1v) is 5.14. The van der Waals surface area contributed by atoms with Crippen molar-refractivity contribution in [2.45, 2.75) is 0 Å². The third-order valence-electron chi connectivity index (χ3n) is 2.21. The number of nitrogens with one attached hydrogen (secondary N) is 2. The van der Waals surface area contributed by atoms with Gasteiger partial charge in [0.15, 0.2) is 17.3 Å². The first-order chi connectivity index (χ1) is 8.65. The molecule has 0 aliphatic carbocycles. The summed E-state index contributed by atoms with van der Waals surface area (Å²) in [5.74, 6) is -0.731. The number of carbonyl (C=O) groups excluding carboxylic acids is 1. The van der Waals surface area contributed by atoms with E-state index < -0.39 is 5.82 Å². The lowest BCUT2D eigenvalue weighted by Gasteiger charge is -2.04. The molecule has 94 valence electrons. The van der Waals surface area contributed by atoms with Gasteiger partial charge in [-0.1, -0.05) is 0 Å². The number of carbonyl (C=O) groups is 1. The number of anilines is 1. The number of amides is 1. The third kappa shape index (κ3) is 2.12. The summed E-state index contributed by atoms with van der Waals surface area (Å²) in [6.07, 6.45) is 2.49. The Kier molecular flexibility index (Phi) is 3.18. The molecule has 7 nitrogen and oxygen atoms in total. The number of hydrogen-bond donors (Lipinski definition) is 2. The van der Waals surface area contributed by atoms with E-state index in [-0.39, 0.29) is 23.4 Å². The van der Waals surface area contributed by atoms with Crippen LogP contribution in [0, 0.1) is 5.82 Å². The predicted octanol–water partition coefficient (Wildman–Crippen LogP) is 0.203. The van der Waals surface area contributed by atoms with Crippen LogP contribution >= 0.6 is 0 Å². The minimum atomic E-state index is -0.624. The van der Waals surface area contributed by atoms with Gasteiger partial charge in [-0.25, -0.2) is 14.1 Å². The van der Waals surface area contributed by atoms with Gasteiger partial charge >= 0.3 is 0 Å². The molecule has 0 aliphatic rings. The second-order valence-electron chi connectivity index (χ2n) is 3.34. The zero-order valence-electron chi connectivity index (χ0n) is 9.81. The Morgan fingerprint density at radius 1 is 1.44 bits per heavy atom. The maximum Gasteiger partial charge on any atom is 0.271 e. The Morgan fingerprint density at radius 2 is 2.22 bits per heavy atom. The number of aromatic nitrogens is 4. The Hall–Kier alpha value is -2.51. The number of nitrogens with zero attached hydrogens (tertiary/aromatic N) is 4. The fourth-order valence-corrected chi connectivity index (χ4v) is 1.33. The highest BCUT2D eigenvalue weighted by Gasteiger charge is 2.12. The zero-order valence-corrected chi connectivity index (χ0v) is 9.81. The summed E-state index contributed by atoms with van der Waals surface area (Å²) in [5, 5.41) is 9.06. The van der Waals surface area contributed by atoms with E-state index >= 15 is 0 Å². The van der Waals surface area contributed by atoms with Crippen LogP contribution in [0.3, 0.4) is 0 Å². The summed E-state index contributed by atoms with van der Waals surface area (Å²) < 4.78 is 14.8. The molecule has 0 fully saturated rings. The maximum atomic E-state index is 13.6. The molecule has 2 heterocycles. The van der Waals surface area contributed by atoms with Crippen LogP contribution in [-0.4, -0.2) is 39.8 Å². The minimum absolute atomic E-state index is 0.0236. The van der Waals surface area contributed by atoms with E-state index in [1.54, 1.807) is 7.05 Å². The van der Waals surface area contributed by atoms with E-state index in [2.05, 4.69) is 25.7 Å². The minimum Gasteiger partial charge on any atom is -0.357 e. The van der Waals surface area contributed by atoms with E-state index in [4.69, 9.17) is 0 Å². The zero-order chi connectivity index (χ0) is 13.1. The predicted molar refractivity (Wildman–Crippen MR) is 62.0 cm³/mol. The van der Waals surface area contributed by atoms with Crippen molar-refractivity contribution in [3.63, 3.8) is 0 Å². The van der Waals surface area contributed by atoms with Gasteiger partial charge in [-0.2, -0.15) is 10.1 Å². The molecule has 2 rings (SSSR count). The van der Waals surface area contributed by atoms with Gasteiger partial charge in [-0.05, 0) is 6.07 Å². The SMILES string of the molecule is CNC(=O)c1ccn(-c2nc(NC)ncc2F)n1. The van der Waals surface area contributed by atoms with Crippen molar-refractivity contribution in [3.8, 4) is 5.82 Å². The molecule has 0 saturated carbocycles. The molecule has 0 saturated heterocycles. The van der Waals surface area contributed by atoms with Gasteiger partial charge in [-0.3, -0.25) is 4.79 Å². The summed E-state index contributed by atoms with van der Waals surface area (Å²) in [6, 6.07) is 1.47. The molecule has 0 radical (unpaired) electrons. The summed E-state index contributed by atoms with van der Waals surface area (Å²) in [6.45, 7) is 0. The monoisotopic (exact) mass is 250 g/mol. The van der Waals surface area contributed by atoms with E-state index in [1.807, 2.05) is 0 Å². The van der Waals surface area contributed by atoms with Crippen molar-refractivity contribution in [2.24, 2.45) is 0 Å². The normalized spacial score (nSPS) is 10.2. The van der Waals surface area contributed by atoms with Gasteiger partial charge in [-0.15, -0.1) is 0 Å². The van der Waals surface area contributed by atoms with E-state index in [9.17, 15) is 9.18 Å². The first kappa shape index (κ1) is 12.0. The molecule has 0 aromatic carbocycles. The summed E-state index contributed by atoms with van der Waals surface area (Å²) in [7, 11) is 3.11.